The monoisotopic (exact) mass is 487 g/mol. The number of ether oxygens (including phenoxy) is 1. The number of aromatic nitrogens is 4. The van der Waals surface area contributed by atoms with E-state index in [1.165, 1.54) is 15.7 Å². The molecule has 11 heteroatoms. The molecule has 3 rings (SSSR count). The van der Waals surface area contributed by atoms with Crippen molar-refractivity contribution in [2.24, 2.45) is 5.92 Å². The highest BCUT2D eigenvalue weighted by atomic mass is 16.5. The molecule has 0 spiro atoms. The fourth-order valence-corrected chi connectivity index (χ4v) is 3.76. The van der Waals surface area contributed by atoms with E-state index in [-0.39, 0.29) is 37.8 Å². The number of H-pyrrole nitrogens is 1. The van der Waals surface area contributed by atoms with Gasteiger partial charge in [-0.2, -0.15) is 0 Å². The van der Waals surface area contributed by atoms with Crippen LogP contribution in [0, 0.1) is 5.92 Å². The Bertz CT molecular complexity index is 1270. The van der Waals surface area contributed by atoms with Crippen LogP contribution in [0.3, 0.4) is 0 Å². The van der Waals surface area contributed by atoms with Crippen LogP contribution in [0.2, 0.25) is 0 Å². The molecule has 0 unspecified atom stereocenters. The minimum Gasteiger partial charge on any atom is -0.467 e. The van der Waals surface area contributed by atoms with E-state index in [9.17, 15) is 19.2 Å². The molecule has 0 aliphatic heterocycles. The molecule has 0 fully saturated rings. The number of likely N-dealkylation sites (N-methyl/N-ethyl adjacent to an activating group) is 1. The number of aromatic amines is 1. The minimum atomic E-state index is -0.551. The number of hydrogen-bond donors (Lipinski definition) is 1. The van der Waals surface area contributed by atoms with E-state index in [4.69, 9.17) is 9.15 Å². The van der Waals surface area contributed by atoms with E-state index in [0.717, 1.165) is 12.8 Å². The zero-order valence-electron chi connectivity index (χ0n) is 20.7. The summed E-state index contributed by atoms with van der Waals surface area (Å²) in [4.78, 5) is 58.1. The van der Waals surface area contributed by atoms with E-state index in [1.807, 2.05) is 20.8 Å². The van der Waals surface area contributed by atoms with Crippen molar-refractivity contribution >= 4 is 23.0 Å². The summed E-state index contributed by atoms with van der Waals surface area (Å²) < 4.78 is 13.6. The van der Waals surface area contributed by atoms with Crippen LogP contribution >= 0.6 is 0 Å². The van der Waals surface area contributed by atoms with Gasteiger partial charge in [-0.05, 0) is 24.5 Å². The standard InChI is InChI=1S/C24H33N5O6/c1-5-6-11-28-22-21(23(32)26-24(28)33)29(13-16(2)3)18(25-22)9-10-20(31)35-15-19(30)27(4)14-17-8-7-12-34-17/h7-8,12,16H,5-6,9-11,13-15H2,1-4H3,(H,26,32,33). The third kappa shape index (κ3) is 6.49. The Kier molecular flexibility index (Phi) is 8.67. The lowest BCUT2D eigenvalue weighted by Gasteiger charge is -2.15. The van der Waals surface area contributed by atoms with E-state index in [2.05, 4.69) is 9.97 Å². The maximum Gasteiger partial charge on any atom is 0.330 e. The molecule has 1 amide bonds. The smallest absolute Gasteiger partial charge is 0.330 e. The van der Waals surface area contributed by atoms with Crippen LogP contribution in [0.15, 0.2) is 32.4 Å². The number of fused-ring (bicyclic) bond motifs is 1. The van der Waals surface area contributed by atoms with E-state index >= 15 is 0 Å². The summed E-state index contributed by atoms with van der Waals surface area (Å²) in [5.74, 6) is 0.450. The van der Waals surface area contributed by atoms with Crippen LogP contribution in [0.1, 0.15) is 51.6 Å². The van der Waals surface area contributed by atoms with Crippen LogP contribution in [-0.4, -0.2) is 49.5 Å². The molecular formula is C24H33N5O6. The van der Waals surface area contributed by atoms with Gasteiger partial charge >= 0.3 is 11.7 Å². The van der Waals surface area contributed by atoms with Gasteiger partial charge in [0, 0.05) is 26.6 Å². The van der Waals surface area contributed by atoms with Gasteiger partial charge in [0.25, 0.3) is 11.5 Å². The van der Waals surface area contributed by atoms with Crippen molar-refractivity contribution in [1.82, 2.24) is 24.0 Å². The maximum absolute atomic E-state index is 12.7. The zero-order valence-corrected chi connectivity index (χ0v) is 20.7. The lowest BCUT2D eigenvalue weighted by molar-refractivity contribution is -0.151. The second-order valence-corrected chi connectivity index (χ2v) is 8.96. The average molecular weight is 488 g/mol. The Morgan fingerprint density at radius 2 is 2.03 bits per heavy atom. The summed E-state index contributed by atoms with van der Waals surface area (Å²) in [7, 11) is 1.60. The van der Waals surface area contributed by atoms with Gasteiger partial charge in [-0.3, -0.25) is 23.9 Å². The Labute approximate surface area is 202 Å². The quantitative estimate of drug-likeness (QED) is 0.387. The largest absolute Gasteiger partial charge is 0.467 e. The first-order chi connectivity index (χ1) is 16.7. The molecule has 11 nitrogen and oxygen atoms in total. The molecule has 0 saturated heterocycles. The first-order valence-corrected chi connectivity index (χ1v) is 11.8. The number of furan rings is 1. The number of unbranched alkanes of at least 4 members (excludes halogenated alkanes) is 1. The molecule has 0 bridgehead atoms. The Morgan fingerprint density at radius 1 is 1.26 bits per heavy atom. The van der Waals surface area contributed by atoms with Crippen molar-refractivity contribution in [2.75, 3.05) is 13.7 Å². The van der Waals surface area contributed by atoms with Gasteiger partial charge in [-0.15, -0.1) is 0 Å². The third-order valence-corrected chi connectivity index (χ3v) is 5.56. The fourth-order valence-electron chi connectivity index (χ4n) is 3.76. The van der Waals surface area contributed by atoms with Gasteiger partial charge in [0.1, 0.15) is 11.6 Å². The van der Waals surface area contributed by atoms with Gasteiger partial charge in [-0.1, -0.05) is 27.2 Å². The van der Waals surface area contributed by atoms with Crippen LogP contribution in [0.25, 0.3) is 11.2 Å². The third-order valence-electron chi connectivity index (χ3n) is 5.56. The summed E-state index contributed by atoms with van der Waals surface area (Å²) in [6.07, 6.45) is 3.36. The molecule has 0 aliphatic carbocycles. The average Bonchev–Trinajstić information content (AvgIpc) is 3.43. The fraction of sp³-hybridized carbons (Fsp3) is 0.542. The van der Waals surface area contributed by atoms with Crippen molar-refractivity contribution in [3.05, 3.63) is 50.8 Å². The van der Waals surface area contributed by atoms with Crippen molar-refractivity contribution in [3.63, 3.8) is 0 Å². The van der Waals surface area contributed by atoms with E-state index in [1.54, 1.807) is 23.7 Å². The van der Waals surface area contributed by atoms with Crippen LogP contribution in [0.4, 0.5) is 0 Å². The Balaban J connectivity index is 1.72. The van der Waals surface area contributed by atoms with Crippen molar-refractivity contribution in [2.45, 2.75) is 66.1 Å². The van der Waals surface area contributed by atoms with E-state index in [0.29, 0.717) is 35.8 Å². The number of rotatable bonds is 12. The highest BCUT2D eigenvalue weighted by molar-refractivity contribution is 5.80. The first kappa shape index (κ1) is 26.0. The van der Waals surface area contributed by atoms with Gasteiger partial charge in [-0.25, -0.2) is 9.78 Å². The van der Waals surface area contributed by atoms with Gasteiger partial charge in [0.05, 0.1) is 19.2 Å². The molecule has 0 radical (unpaired) electrons. The van der Waals surface area contributed by atoms with Crippen LogP contribution in [0.5, 0.6) is 0 Å². The number of hydrogen-bond acceptors (Lipinski definition) is 7. The van der Waals surface area contributed by atoms with Crippen molar-refractivity contribution in [1.29, 1.82) is 0 Å². The number of nitrogens with zero attached hydrogens (tertiary/aromatic N) is 4. The van der Waals surface area contributed by atoms with Crippen molar-refractivity contribution < 1.29 is 18.7 Å². The molecule has 1 N–H and O–H groups in total. The second-order valence-electron chi connectivity index (χ2n) is 8.96. The molecule has 190 valence electrons. The number of carbonyl (C=O) groups excluding carboxylic acids is 2. The first-order valence-electron chi connectivity index (χ1n) is 11.8. The van der Waals surface area contributed by atoms with E-state index < -0.39 is 17.2 Å². The lowest BCUT2D eigenvalue weighted by Crippen LogP contribution is -2.31. The molecule has 3 aromatic heterocycles. The molecule has 0 aliphatic rings. The number of amides is 1. The molecule has 0 atom stereocenters. The highest BCUT2D eigenvalue weighted by Gasteiger charge is 2.20. The predicted molar refractivity (Wildman–Crippen MR) is 129 cm³/mol. The van der Waals surface area contributed by atoms with Crippen molar-refractivity contribution in [3.8, 4) is 0 Å². The molecule has 0 aromatic carbocycles. The zero-order chi connectivity index (χ0) is 25.5. The van der Waals surface area contributed by atoms with Crippen LogP contribution in [-0.2, 0) is 40.4 Å². The molecule has 0 saturated carbocycles. The molecule has 3 aromatic rings. The number of nitrogens with one attached hydrogen (secondary N) is 1. The Hall–Kier alpha value is -3.63. The lowest BCUT2D eigenvalue weighted by atomic mass is 10.2. The summed E-state index contributed by atoms with van der Waals surface area (Å²) in [6, 6.07) is 3.49. The number of aryl methyl sites for hydroxylation is 2. The predicted octanol–water partition coefficient (Wildman–Crippen LogP) is 2.07. The summed E-state index contributed by atoms with van der Waals surface area (Å²) in [5, 5.41) is 0. The number of carbonyl (C=O) groups is 2. The molecular weight excluding hydrogens is 454 g/mol. The van der Waals surface area contributed by atoms with Gasteiger partial charge in [0.2, 0.25) is 0 Å². The van der Waals surface area contributed by atoms with Gasteiger partial charge < -0.3 is 18.6 Å². The number of imidazole rings is 1. The normalized spacial score (nSPS) is 11.3. The topological polar surface area (TPSA) is 132 Å². The second kappa shape index (κ2) is 11.7. The van der Waals surface area contributed by atoms with Gasteiger partial charge in [0.15, 0.2) is 17.8 Å². The molecule has 35 heavy (non-hydrogen) atoms. The number of esters is 1. The SMILES string of the molecule is CCCCn1c(=O)[nH]c(=O)c2c1nc(CCC(=O)OCC(=O)N(C)Cc1ccco1)n2CC(C)C. The minimum absolute atomic E-state index is 0.0201. The van der Waals surface area contributed by atoms with Crippen LogP contribution < -0.4 is 11.2 Å². The Morgan fingerprint density at radius 3 is 2.69 bits per heavy atom. The summed E-state index contributed by atoms with van der Waals surface area (Å²) in [6.45, 7) is 6.88. The molecule has 3 heterocycles. The summed E-state index contributed by atoms with van der Waals surface area (Å²) in [5.41, 5.74) is -0.336. The summed E-state index contributed by atoms with van der Waals surface area (Å²) >= 11 is 0. The highest BCUT2D eigenvalue weighted by Crippen LogP contribution is 2.16. The maximum atomic E-state index is 12.7.